The predicted octanol–water partition coefficient (Wildman–Crippen LogP) is 0.863. The van der Waals surface area contributed by atoms with Gasteiger partial charge >= 0.3 is 0 Å². The quantitative estimate of drug-likeness (QED) is 0.788. The number of hydrogen-bond acceptors (Lipinski definition) is 4. The van der Waals surface area contributed by atoms with E-state index in [1.54, 1.807) is 0 Å². The van der Waals surface area contributed by atoms with Gasteiger partial charge in [0.05, 0.1) is 5.75 Å². The van der Waals surface area contributed by atoms with Crippen LogP contribution in [0.4, 0.5) is 0 Å². The third-order valence-corrected chi connectivity index (χ3v) is 5.74. The maximum atomic E-state index is 12.2. The Morgan fingerprint density at radius 3 is 2.63 bits per heavy atom. The monoisotopic (exact) mass is 290 g/mol. The zero-order valence-corrected chi connectivity index (χ0v) is 12.5. The van der Waals surface area contributed by atoms with Gasteiger partial charge in [-0.15, -0.1) is 0 Å². The molecule has 112 valence electrons. The first-order chi connectivity index (χ1) is 9.07. The van der Waals surface area contributed by atoms with E-state index in [-0.39, 0.29) is 17.8 Å². The van der Waals surface area contributed by atoms with Crippen molar-refractivity contribution in [2.45, 2.75) is 51.1 Å². The topological polar surface area (TPSA) is 67.4 Å². The number of sulfonamides is 1. The lowest BCUT2D eigenvalue weighted by Crippen LogP contribution is -2.46. The van der Waals surface area contributed by atoms with Crippen molar-refractivity contribution in [3.8, 4) is 0 Å². The fourth-order valence-electron chi connectivity index (χ4n) is 2.97. The fourth-order valence-corrected chi connectivity index (χ4v) is 4.64. The summed E-state index contributed by atoms with van der Waals surface area (Å²) in [6, 6.07) is 0.130. The first-order valence-electron chi connectivity index (χ1n) is 7.38. The molecule has 0 aliphatic carbocycles. The van der Waals surface area contributed by atoms with E-state index in [4.69, 9.17) is 4.74 Å². The Morgan fingerprint density at radius 2 is 2.00 bits per heavy atom. The SMILES string of the molecule is CC(NS(=O)(=O)CC1CCCCN1)C1CCOCC1. The standard InChI is InChI=1S/C13H26N2O3S/c1-11(12-5-8-18-9-6-12)15-19(16,17)10-13-4-2-3-7-14-13/h11-15H,2-10H2,1H3. The Morgan fingerprint density at radius 1 is 1.26 bits per heavy atom. The lowest BCUT2D eigenvalue weighted by atomic mass is 9.94. The molecule has 0 aromatic rings. The molecule has 0 amide bonds. The number of rotatable bonds is 5. The normalized spacial score (nSPS) is 28.2. The van der Waals surface area contributed by atoms with Crippen LogP contribution in [0.25, 0.3) is 0 Å². The van der Waals surface area contributed by atoms with E-state index in [0.717, 1.165) is 51.9 Å². The van der Waals surface area contributed by atoms with Crippen LogP contribution in [0.1, 0.15) is 39.0 Å². The van der Waals surface area contributed by atoms with Gasteiger partial charge in [0.25, 0.3) is 0 Å². The zero-order valence-electron chi connectivity index (χ0n) is 11.7. The summed E-state index contributed by atoms with van der Waals surface area (Å²) in [7, 11) is -3.18. The molecule has 0 aromatic heterocycles. The predicted molar refractivity (Wildman–Crippen MR) is 75.6 cm³/mol. The van der Waals surface area contributed by atoms with Crippen LogP contribution in [0.5, 0.6) is 0 Å². The summed E-state index contributed by atoms with van der Waals surface area (Å²) in [6.45, 7) is 4.42. The molecule has 2 N–H and O–H groups in total. The minimum atomic E-state index is -3.18. The van der Waals surface area contributed by atoms with Crippen LogP contribution in [0.3, 0.4) is 0 Å². The minimum Gasteiger partial charge on any atom is -0.381 e. The van der Waals surface area contributed by atoms with Crippen molar-refractivity contribution in [1.82, 2.24) is 10.0 Å². The molecule has 5 nitrogen and oxygen atoms in total. The van der Waals surface area contributed by atoms with E-state index in [1.165, 1.54) is 0 Å². The summed E-state index contributed by atoms with van der Waals surface area (Å²) in [5, 5.41) is 3.29. The highest BCUT2D eigenvalue weighted by atomic mass is 32.2. The Bertz CT molecular complexity index is 360. The van der Waals surface area contributed by atoms with E-state index in [9.17, 15) is 8.42 Å². The second-order valence-corrected chi connectivity index (χ2v) is 7.58. The molecule has 0 saturated carbocycles. The van der Waals surface area contributed by atoms with Gasteiger partial charge in [0.15, 0.2) is 0 Å². The van der Waals surface area contributed by atoms with E-state index in [2.05, 4.69) is 10.0 Å². The molecule has 0 bridgehead atoms. The molecular weight excluding hydrogens is 264 g/mol. The van der Waals surface area contributed by atoms with Crippen molar-refractivity contribution in [3.05, 3.63) is 0 Å². The molecule has 2 saturated heterocycles. The zero-order chi connectivity index (χ0) is 13.7. The minimum absolute atomic E-state index is 0.0116. The highest BCUT2D eigenvalue weighted by Gasteiger charge is 2.26. The average Bonchev–Trinajstić information content (AvgIpc) is 2.39. The molecule has 0 aromatic carbocycles. The van der Waals surface area contributed by atoms with E-state index < -0.39 is 10.0 Å². The Balaban J connectivity index is 1.81. The van der Waals surface area contributed by atoms with Gasteiger partial charge in [-0.1, -0.05) is 6.42 Å². The van der Waals surface area contributed by atoms with Crippen LogP contribution >= 0.6 is 0 Å². The van der Waals surface area contributed by atoms with E-state index >= 15 is 0 Å². The fraction of sp³-hybridized carbons (Fsp3) is 1.00. The van der Waals surface area contributed by atoms with Gasteiger partial charge in [0, 0.05) is 25.3 Å². The van der Waals surface area contributed by atoms with Crippen molar-refractivity contribution in [2.24, 2.45) is 5.92 Å². The number of piperidine rings is 1. The van der Waals surface area contributed by atoms with Gasteiger partial charge in [-0.05, 0) is 45.1 Å². The molecule has 2 heterocycles. The van der Waals surface area contributed by atoms with Crippen LogP contribution in [0.15, 0.2) is 0 Å². The maximum Gasteiger partial charge on any atom is 0.213 e. The number of nitrogens with one attached hydrogen (secondary N) is 2. The average molecular weight is 290 g/mol. The van der Waals surface area contributed by atoms with Gasteiger partial charge in [-0.25, -0.2) is 13.1 Å². The molecule has 2 atom stereocenters. The van der Waals surface area contributed by atoms with E-state index in [0.29, 0.717) is 5.92 Å². The summed E-state index contributed by atoms with van der Waals surface area (Å²) in [5.74, 6) is 0.614. The number of ether oxygens (including phenoxy) is 1. The third-order valence-electron chi connectivity index (χ3n) is 4.17. The van der Waals surface area contributed by atoms with Gasteiger partial charge in [-0.2, -0.15) is 0 Å². The lowest BCUT2D eigenvalue weighted by Gasteiger charge is -2.29. The lowest BCUT2D eigenvalue weighted by molar-refractivity contribution is 0.0585. The molecule has 2 unspecified atom stereocenters. The first kappa shape index (κ1) is 15.2. The van der Waals surface area contributed by atoms with Crippen LogP contribution in [-0.4, -0.2) is 46.0 Å². The van der Waals surface area contributed by atoms with Gasteiger partial charge in [-0.3, -0.25) is 0 Å². The molecule has 2 fully saturated rings. The van der Waals surface area contributed by atoms with Gasteiger partial charge in [0.2, 0.25) is 10.0 Å². The summed E-state index contributed by atoms with van der Waals surface area (Å²) in [6.07, 6.45) is 5.15. The smallest absolute Gasteiger partial charge is 0.213 e. The summed E-state index contributed by atoms with van der Waals surface area (Å²) in [5.41, 5.74) is 0. The molecule has 6 heteroatoms. The van der Waals surface area contributed by atoms with E-state index in [1.807, 2.05) is 6.92 Å². The van der Waals surface area contributed by atoms with Crippen LogP contribution in [0, 0.1) is 5.92 Å². The van der Waals surface area contributed by atoms with Crippen LogP contribution in [-0.2, 0) is 14.8 Å². The first-order valence-corrected chi connectivity index (χ1v) is 9.03. The largest absolute Gasteiger partial charge is 0.381 e. The number of hydrogen-bond donors (Lipinski definition) is 2. The Labute approximate surface area is 116 Å². The molecule has 0 spiro atoms. The third kappa shape index (κ3) is 5.02. The van der Waals surface area contributed by atoms with Crippen LogP contribution < -0.4 is 10.0 Å². The second-order valence-electron chi connectivity index (χ2n) is 5.78. The highest BCUT2D eigenvalue weighted by molar-refractivity contribution is 7.89. The van der Waals surface area contributed by atoms with Crippen molar-refractivity contribution >= 4 is 10.0 Å². The van der Waals surface area contributed by atoms with Gasteiger partial charge < -0.3 is 10.1 Å². The van der Waals surface area contributed by atoms with Crippen molar-refractivity contribution in [1.29, 1.82) is 0 Å². The summed E-state index contributed by atoms with van der Waals surface area (Å²) >= 11 is 0. The molecule has 2 aliphatic rings. The highest BCUT2D eigenvalue weighted by Crippen LogP contribution is 2.19. The molecule has 2 aliphatic heterocycles. The molecule has 0 radical (unpaired) electrons. The van der Waals surface area contributed by atoms with Crippen LogP contribution in [0.2, 0.25) is 0 Å². The molecule has 19 heavy (non-hydrogen) atoms. The summed E-state index contributed by atoms with van der Waals surface area (Å²) in [4.78, 5) is 0. The summed E-state index contributed by atoms with van der Waals surface area (Å²) < 4.78 is 32.5. The molecule has 2 rings (SSSR count). The Kier molecular flexibility index (Phi) is 5.62. The maximum absolute atomic E-state index is 12.2. The van der Waals surface area contributed by atoms with Crippen molar-refractivity contribution in [2.75, 3.05) is 25.5 Å². The van der Waals surface area contributed by atoms with Crippen molar-refractivity contribution < 1.29 is 13.2 Å². The van der Waals surface area contributed by atoms with Crippen molar-refractivity contribution in [3.63, 3.8) is 0 Å². The second kappa shape index (κ2) is 7.02. The Hall–Kier alpha value is -0.170. The molecular formula is C13H26N2O3S. The van der Waals surface area contributed by atoms with Gasteiger partial charge in [0.1, 0.15) is 0 Å².